The number of carbonyl (C=O) groups excluding carboxylic acids is 1. The number of hydrogen-bond donors (Lipinski definition) is 1. The first kappa shape index (κ1) is 12.6. The predicted molar refractivity (Wildman–Crippen MR) is 76.1 cm³/mol. The number of aryl methyl sites for hydroxylation is 1. The molecule has 5 heteroatoms. The van der Waals surface area contributed by atoms with Crippen LogP contribution in [0.2, 0.25) is 4.34 Å². The van der Waals surface area contributed by atoms with Gasteiger partial charge in [0.1, 0.15) is 4.34 Å². The molecule has 17 heavy (non-hydrogen) atoms. The SMILES string of the molecule is Cc1ccc(N)cc1C(=O)c1cc(Br)c(Cl)s1. The average molecular weight is 331 g/mol. The summed E-state index contributed by atoms with van der Waals surface area (Å²) in [6, 6.07) is 7.05. The molecule has 0 saturated heterocycles. The number of benzene rings is 1. The van der Waals surface area contributed by atoms with Crippen LogP contribution in [0.5, 0.6) is 0 Å². The van der Waals surface area contributed by atoms with E-state index in [1.54, 1.807) is 18.2 Å². The second-order valence-electron chi connectivity index (χ2n) is 3.64. The summed E-state index contributed by atoms with van der Waals surface area (Å²) in [5.74, 6) is -0.0487. The number of ketones is 1. The molecule has 1 aromatic carbocycles. The van der Waals surface area contributed by atoms with Crippen molar-refractivity contribution in [2.75, 3.05) is 5.73 Å². The van der Waals surface area contributed by atoms with Crippen molar-refractivity contribution in [2.24, 2.45) is 0 Å². The zero-order valence-corrected chi connectivity index (χ0v) is 12.1. The number of carbonyl (C=O) groups is 1. The number of anilines is 1. The van der Waals surface area contributed by atoms with Crippen LogP contribution in [0, 0.1) is 6.92 Å². The van der Waals surface area contributed by atoms with Gasteiger partial charge in [0.2, 0.25) is 5.78 Å². The van der Waals surface area contributed by atoms with Gasteiger partial charge in [-0.15, -0.1) is 11.3 Å². The molecule has 0 unspecified atom stereocenters. The molecule has 0 spiro atoms. The third kappa shape index (κ3) is 2.54. The molecule has 0 bridgehead atoms. The predicted octanol–water partition coefficient (Wildman–Crippen LogP) is 4.29. The van der Waals surface area contributed by atoms with E-state index in [4.69, 9.17) is 17.3 Å². The highest BCUT2D eigenvalue weighted by atomic mass is 79.9. The third-order valence-corrected chi connectivity index (χ3v) is 4.85. The first-order chi connectivity index (χ1) is 7.99. The summed E-state index contributed by atoms with van der Waals surface area (Å²) in [5.41, 5.74) is 7.81. The number of nitrogens with two attached hydrogens (primary N) is 1. The molecule has 0 aliphatic heterocycles. The molecule has 88 valence electrons. The van der Waals surface area contributed by atoms with Crippen LogP contribution in [0.15, 0.2) is 28.7 Å². The first-order valence-electron chi connectivity index (χ1n) is 4.84. The van der Waals surface area contributed by atoms with Crippen molar-refractivity contribution in [1.82, 2.24) is 0 Å². The third-order valence-electron chi connectivity index (χ3n) is 2.38. The second-order valence-corrected chi connectivity index (χ2v) is 6.14. The molecule has 2 aromatic rings. The van der Waals surface area contributed by atoms with Gasteiger partial charge in [-0.05, 0) is 46.6 Å². The number of nitrogen functional groups attached to an aromatic ring is 1. The summed E-state index contributed by atoms with van der Waals surface area (Å²) < 4.78 is 1.32. The second kappa shape index (κ2) is 4.80. The lowest BCUT2D eigenvalue weighted by atomic mass is 10.0. The topological polar surface area (TPSA) is 43.1 Å². The Morgan fingerprint density at radius 2 is 2.12 bits per heavy atom. The summed E-state index contributed by atoms with van der Waals surface area (Å²) in [4.78, 5) is 12.9. The van der Waals surface area contributed by atoms with Crippen LogP contribution in [0.4, 0.5) is 5.69 Å². The highest BCUT2D eigenvalue weighted by Crippen LogP contribution is 2.33. The summed E-state index contributed by atoms with van der Waals surface area (Å²) in [6.45, 7) is 1.89. The maximum absolute atomic E-state index is 12.3. The average Bonchev–Trinajstić information content (AvgIpc) is 2.62. The lowest BCUT2D eigenvalue weighted by Crippen LogP contribution is -2.02. The lowest BCUT2D eigenvalue weighted by molar-refractivity contribution is 0.104. The summed E-state index contributed by atoms with van der Waals surface area (Å²) in [7, 11) is 0. The zero-order valence-electron chi connectivity index (χ0n) is 8.96. The van der Waals surface area contributed by atoms with Crippen LogP contribution in [0.1, 0.15) is 20.8 Å². The first-order valence-corrected chi connectivity index (χ1v) is 6.83. The minimum atomic E-state index is -0.0487. The molecule has 2 nitrogen and oxygen atoms in total. The monoisotopic (exact) mass is 329 g/mol. The van der Waals surface area contributed by atoms with Gasteiger partial charge in [-0.3, -0.25) is 4.79 Å². The van der Waals surface area contributed by atoms with E-state index in [9.17, 15) is 4.79 Å². The van der Waals surface area contributed by atoms with Crippen LogP contribution in [0.25, 0.3) is 0 Å². The molecule has 2 N–H and O–H groups in total. The van der Waals surface area contributed by atoms with Crippen molar-refractivity contribution in [3.8, 4) is 0 Å². The Morgan fingerprint density at radius 3 is 2.71 bits per heavy atom. The van der Waals surface area contributed by atoms with E-state index in [-0.39, 0.29) is 5.78 Å². The van der Waals surface area contributed by atoms with Crippen LogP contribution in [-0.2, 0) is 0 Å². The van der Waals surface area contributed by atoms with Crippen molar-refractivity contribution in [2.45, 2.75) is 6.92 Å². The molecule has 0 saturated carbocycles. The Labute approximate surface area is 117 Å². The van der Waals surface area contributed by atoms with Crippen molar-refractivity contribution in [3.63, 3.8) is 0 Å². The van der Waals surface area contributed by atoms with Gasteiger partial charge < -0.3 is 5.73 Å². The summed E-state index contributed by atoms with van der Waals surface area (Å²) in [6.07, 6.45) is 0. The maximum Gasteiger partial charge on any atom is 0.203 e. The van der Waals surface area contributed by atoms with E-state index in [0.29, 0.717) is 20.5 Å². The van der Waals surface area contributed by atoms with Crippen molar-refractivity contribution in [3.05, 3.63) is 49.1 Å². The van der Waals surface area contributed by atoms with E-state index in [1.165, 1.54) is 11.3 Å². The lowest BCUT2D eigenvalue weighted by Gasteiger charge is -2.04. The van der Waals surface area contributed by atoms with Gasteiger partial charge in [0.15, 0.2) is 0 Å². The van der Waals surface area contributed by atoms with Gasteiger partial charge in [-0.2, -0.15) is 0 Å². The molecule has 1 heterocycles. The molecule has 0 aliphatic carbocycles. The van der Waals surface area contributed by atoms with E-state index >= 15 is 0 Å². The van der Waals surface area contributed by atoms with E-state index in [2.05, 4.69) is 15.9 Å². The molecule has 2 rings (SSSR count). The fourth-order valence-corrected chi connectivity index (χ4v) is 3.13. The fourth-order valence-electron chi connectivity index (χ4n) is 1.48. The molecular weight excluding hydrogens is 322 g/mol. The number of thiophene rings is 1. The minimum absolute atomic E-state index is 0.0487. The summed E-state index contributed by atoms with van der Waals surface area (Å²) in [5, 5.41) is 0. The van der Waals surface area contributed by atoms with Crippen molar-refractivity contribution >= 4 is 50.3 Å². The Kier molecular flexibility index (Phi) is 3.56. The molecule has 0 fully saturated rings. The Morgan fingerprint density at radius 1 is 1.41 bits per heavy atom. The Hall–Kier alpha value is -0.840. The molecule has 1 aromatic heterocycles. The highest BCUT2D eigenvalue weighted by Gasteiger charge is 2.16. The molecule has 0 atom stereocenters. The Balaban J connectivity index is 2.47. The van der Waals surface area contributed by atoms with Crippen LogP contribution in [-0.4, -0.2) is 5.78 Å². The van der Waals surface area contributed by atoms with Crippen LogP contribution >= 0.6 is 38.9 Å². The molecule has 0 radical (unpaired) electrons. The standard InChI is InChI=1S/C12H9BrClNOS/c1-6-2-3-7(15)4-8(6)11(16)10-5-9(13)12(14)17-10/h2-5H,15H2,1H3. The normalized spacial score (nSPS) is 10.5. The quantitative estimate of drug-likeness (QED) is 0.659. The largest absolute Gasteiger partial charge is 0.399 e. The molecule has 0 aliphatic rings. The van der Waals surface area contributed by atoms with Gasteiger partial charge in [0, 0.05) is 15.7 Å². The number of halogens is 2. The van der Waals surface area contributed by atoms with Gasteiger partial charge >= 0.3 is 0 Å². The fraction of sp³-hybridized carbons (Fsp3) is 0.0833. The Bertz CT molecular complexity index is 575. The van der Waals surface area contributed by atoms with Crippen LogP contribution in [0.3, 0.4) is 0 Å². The van der Waals surface area contributed by atoms with Gasteiger partial charge in [0.05, 0.1) is 4.88 Å². The molecular formula is C12H9BrClNOS. The van der Waals surface area contributed by atoms with Crippen molar-refractivity contribution in [1.29, 1.82) is 0 Å². The minimum Gasteiger partial charge on any atom is -0.399 e. The highest BCUT2D eigenvalue weighted by molar-refractivity contribution is 9.10. The van der Waals surface area contributed by atoms with E-state index < -0.39 is 0 Å². The van der Waals surface area contributed by atoms with Crippen LogP contribution < -0.4 is 5.73 Å². The maximum atomic E-state index is 12.3. The van der Waals surface area contributed by atoms with Crippen molar-refractivity contribution < 1.29 is 4.79 Å². The zero-order chi connectivity index (χ0) is 12.6. The number of hydrogen-bond acceptors (Lipinski definition) is 3. The van der Waals surface area contributed by atoms with E-state index in [0.717, 1.165) is 10.0 Å². The van der Waals surface area contributed by atoms with Gasteiger partial charge in [-0.1, -0.05) is 17.7 Å². The molecule has 0 amide bonds. The van der Waals surface area contributed by atoms with Gasteiger partial charge in [-0.25, -0.2) is 0 Å². The van der Waals surface area contributed by atoms with E-state index in [1.807, 2.05) is 13.0 Å². The summed E-state index contributed by atoms with van der Waals surface area (Å²) >= 11 is 10.5. The number of rotatable bonds is 2. The van der Waals surface area contributed by atoms with Gasteiger partial charge in [0.25, 0.3) is 0 Å². The smallest absolute Gasteiger partial charge is 0.203 e.